The lowest BCUT2D eigenvalue weighted by Gasteiger charge is -2.28. The topological polar surface area (TPSA) is 54.4 Å². The Balaban J connectivity index is 2.36. The van der Waals surface area contributed by atoms with E-state index in [1.54, 1.807) is 0 Å². The molecule has 0 radical (unpaired) electrons. The normalized spacial score (nSPS) is 25.6. The van der Waals surface area contributed by atoms with Gasteiger partial charge >= 0.3 is 12.1 Å². The molecule has 0 atom stereocenters. The first-order valence-electron chi connectivity index (χ1n) is 5.62. The number of hydrogen-bond donors (Lipinski definition) is 1. The molecule has 3 nitrogen and oxygen atoms in total. The highest BCUT2D eigenvalue weighted by Crippen LogP contribution is 2.39. The second-order valence-corrected chi connectivity index (χ2v) is 4.45. The van der Waals surface area contributed by atoms with Gasteiger partial charge in [0.15, 0.2) is 0 Å². The molecule has 0 spiro atoms. The van der Waals surface area contributed by atoms with E-state index in [0.717, 1.165) is 0 Å². The Morgan fingerprint density at radius 1 is 1.06 bits per heavy atom. The molecule has 1 aliphatic rings. The Kier molecular flexibility index (Phi) is 4.54. The molecule has 6 heteroatoms. The third kappa shape index (κ3) is 4.36. The van der Waals surface area contributed by atoms with Crippen molar-refractivity contribution in [1.82, 2.24) is 0 Å². The van der Waals surface area contributed by atoms with E-state index in [2.05, 4.69) is 0 Å². The highest BCUT2D eigenvalue weighted by molar-refractivity contribution is 5.84. The fraction of sp³-hybridized carbons (Fsp3) is 0.818. The molecule has 1 fully saturated rings. The van der Waals surface area contributed by atoms with Gasteiger partial charge in [-0.05, 0) is 25.7 Å². The van der Waals surface area contributed by atoms with Crippen LogP contribution in [0.15, 0.2) is 0 Å². The fourth-order valence-electron chi connectivity index (χ4n) is 2.18. The van der Waals surface area contributed by atoms with Crippen LogP contribution >= 0.6 is 0 Å². The van der Waals surface area contributed by atoms with Gasteiger partial charge in [-0.2, -0.15) is 13.2 Å². The molecule has 0 aromatic carbocycles. The van der Waals surface area contributed by atoms with E-state index < -0.39 is 18.1 Å². The second kappa shape index (κ2) is 5.51. The van der Waals surface area contributed by atoms with E-state index >= 15 is 0 Å². The molecular formula is C11H15F3O3. The van der Waals surface area contributed by atoms with Gasteiger partial charge in [0.1, 0.15) is 5.78 Å². The first kappa shape index (κ1) is 14.0. The first-order chi connectivity index (χ1) is 7.80. The molecule has 98 valence electrons. The van der Waals surface area contributed by atoms with Crippen LogP contribution in [0, 0.1) is 11.8 Å². The van der Waals surface area contributed by atoms with Crippen LogP contribution in [0.2, 0.25) is 0 Å². The third-order valence-electron chi connectivity index (χ3n) is 3.23. The molecule has 1 saturated carbocycles. The van der Waals surface area contributed by atoms with E-state index in [1.807, 2.05) is 0 Å². The highest BCUT2D eigenvalue weighted by atomic mass is 19.4. The zero-order chi connectivity index (χ0) is 13.1. The van der Waals surface area contributed by atoms with Crippen molar-refractivity contribution in [3.8, 4) is 0 Å². The number of aliphatic carboxylic acids is 1. The van der Waals surface area contributed by atoms with Crippen molar-refractivity contribution in [3.63, 3.8) is 0 Å². The first-order valence-corrected chi connectivity index (χ1v) is 5.62. The summed E-state index contributed by atoms with van der Waals surface area (Å²) in [6.07, 6.45) is -4.07. The molecule has 0 unspecified atom stereocenters. The van der Waals surface area contributed by atoms with E-state index in [9.17, 15) is 22.8 Å². The summed E-state index contributed by atoms with van der Waals surface area (Å²) in [4.78, 5) is 21.8. The Labute approximate surface area is 97.0 Å². The number of carboxylic acids is 1. The molecule has 1 aliphatic carbocycles. The van der Waals surface area contributed by atoms with Gasteiger partial charge in [-0.3, -0.25) is 9.59 Å². The van der Waals surface area contributed by atoms with Crippen LogP contribution in [0.1, 0.15) is 38.5 Å². The van der Waals surface area contributed by atoms with Gasteiger partial charge in [-0.1, -0.05) is 0 Å². The molecule has 0 amide bonds. The number of alkyl halides is 3. The maximum absolute atomic E-state index is 12.4. The predicted molar refractivity (Wildman–Crippen MR) is 53.4 cm³/mol. The summed E-state index contributed by atoms with van der Waals surface area (Å²) in [6.45, 7) is 0. The highest BCUT2D eigenvalue weighted by Gasteiger charge is 2.42. The number of ketones is 1. The van der Waals surface area contributed by atoms with Crippen LogP contribution in [0.5, 0.6) is 0 Å². The van der Waals surface area contributed by atoms with Crippen LogP contribution in [0.25, 0.3) is 0 Å². The zero-order valence-corrected chi connectivity index (χ0v) is 9.29. The molecule has 1 rings (SSSR count). The van der Waals surface area contributed by atoms with E-state index in [-0.39, 0.29) is 50.2 Å². The lowest BCUT2D eigenvalue weighted by molar-refractivity contribution is -0.184. The number of carboxylic acid groups (broad SMARTS) is 1. The Hall–Kier alpha value is -1.07. The van der Waals surface area contributed by atoms with Crippen molar-refractivity contribution in [2.24, 2.45) is 11.8 Å². The molecule has 0 aromatic heterocycles. The van der Waals surface area contributed by atoms with E-state index in [4.69, 9.17) is 5.11 Å². The summed E-state index contributed by atoms with van der Waals surface area (Å²) in [5, 5.41) is 8.41. The summed E-state index contributed by atoms with van der Waals surface area (Å²) >= 11 is 0. The molecule has 0 aliphatic heterocycles. The lowest BCUT2D eigenvalue weighted by atomic mass is 9.79. The quantitative estimate of drug-likeness (QED) is 0.837. The van der Waals surface area contributed by atoms with Gasteiger partial charge in [0.2, 0.25) is 0 Å². The number of rotatable bonds is 4. The predicted octanol–water partition coefficient (Wildman–Crippen LogP) is 2.79. The summed E-state index contributed by atoms with van der Waals surface area (Å²) < 4.78 is 37.1. The summed E-state index contributed by atoms with van der Waals surface area (Å²) in [5.74, 6) is -2.95. The average Bonchev–Trinajstić information content (AvgIpc) is 2.25. The molecule has 0 bridgehead atoms. The number of carbonyl (C=O) groups is 2. The SMILES string of the molecule is O=C(O)CCC(=O)C1CCC(C(F)(F)F)CC1. The van der Waals surface area contributed by atoms with Gasteiger partial charge in [0.05, 0.1) is 12.3 Å². The van der Waals surface area contributed by atoms with Crippen molar-refractivity contribution in [2.75, 3.05) is 0 Å². The standard InChI is InChI=1S/C11H15F3O3/c12-11(13,14)8-3-1-7(2-4-8)9(15)5-6-10(16)17/h7-8H,1-6H2,(H,16,17). The molecule has 0 saturated heterocycles. The summed E-state index contributed by atoms with van der Waals surface area (Å²) in [5.41, 5.74) is 0. The van der Waals surface area contributed by atoms with Crippen molar-refractivity contribution in [1.29, 1.82) is 0 Å². The number of halogens is 3. The summed E-state index contributed by atoms with van der Waals surface area (Å²) in [6, 6.07) is 0. The molecule has 1 N–H and O–H groups in total. The Bertz CT molecular complexity index is 291. The Morgan fingerprint density at radius 3 is 2.00 bits per heavy atom. The van der Waals surface area contributed by atoms with E-state index in [0.29, 0.717) is 0 Å². The molecular weight excluding hydrogens is 237 g/mol. The third-order valence-corrected chi connectivity index (χ3v) is 3.23. The van der Waals surface area contributed by atoms with Gasteiger partial charge < -0.3 is 5.11 Å². The smallest absolute Gasteiger partial charge is 0.391 e. The minimum absolute atomic E-state index is 0.0209. The zero-order valence-electron chi connectivity index (χ0n) is 9.29. The largest absolute Gasteiger partial charge is 0.481 e. The Morgan fingerprint density at radius 2 is 1.59 bits per heavy atom. The van der Waals surface area contributed by atoms with Crippen molar-refractivity contribution in [2.45, 2.75) is 44.7 Å². The van der Waals surface area contributed by atoms with Crippen molar-refractivity contribution < 1.29 is 27.9 Å². The van der Waals surface area contributed by atoms with Crippen LogP contribution in [0.4, 0.5) is 13.2 Å². The monoisotopic (exact) mass is 252 g/mol. The molecule has 17 heavy (non-hydrogen) atoms. The minimum Gasteiger partial charge on any atom is -0.481 e. The van der Waals surface area contributed by atoms with Gasteiger partial charge in [0.25, 0.3) is 0 Å². The number of carbonyl (C=O) groups excluding carboxylic acids is 1. The van der Waals surface area contributed by atoms with Crippen LogP contribution in [0.3, 0.4) is 0 Å². The van der Waals surface area contributed by atoms with Crippen molar-refractivity contribution >= 4 is 11.8 Å². The number of Topliss-reactive ketones (excluding diaryl/α,β-unsaturated/α-hetero) is 1. The number of hydrogen-bond acceptors (Lipinski definition) is 2. The van der Waals surface area contributed by atoms with Crippen LogP contribution in [-0.4, -0.2) is 23.0 Å². The van der Waals surface area contributed by atoms with Gasteiger partial charge in [0, 0.05) is 12.3 Å². The van der Waals surface area contributed by atoms with Crippen LogP contribution in [-0.2, 0) is 9.59 Å². The van der Waals surface area contributed by atoms with Gasteiger partial charge in [-0.25, -0.2) is 0 Å². The average molecular weight is 252 g/mol. The van der Waals surface area contributed by atoms with Crippen molar-refractivity contribution in [3.05, 3.63) is 0 Å². The fourth-order valence-corrected chi connectivity index (χ4v) is 2.18. The molecule has 0 aromatic rings. The van der Waals surface area contributed by atoms with E-state index in [1.165, 1.54) is 0 Å². The summed E-state index contributed by atoms with van der Waals surface area (Å²) in [7, 11) is 0. The second-order valence-electron chi connectivity index (χ2n) is 4.45. The maximum atomic E-state index is 12.4. The van der Waals surface area contributed by atoms with Gasteiger partial charge in [-0.15, -0.1) is 0 Å². The lowest BCUT2D eigenvalue weighted by Crippen LogP contribution is -2.30. The maximum Gasteiger partial charge on any atom is 0.391 e. The minimum atomic E-state index is -4.17. The molecule has 0 heterocycles. The van der Waals surface area contributed by atoms with Crippen LogP contribution < -0.4 is 0 Å².